The molecule has 0 unspecified atom stereocenters. The predicted octanol–water partition coefficient (Wildman–Crippen LogP) is 23.4. The summed E-state index contributed by atoms with van der Waals surface area (Å²) in [6.07, 6.45) is 0. The molecule has 5 heteroatoms. The Hall–Kier alpha value is -9.84. The van der Waals surface area contributed by atoms with Gasteiger partial charge in [-0.1, -0.05) is 196 Å². The van der Waals surface area contributed by atoms with Crippen LogP contribution in [-0.4, -0.2) is 4.40 Å². The van der Waals surface area contributed by atoms with Gasteiger partial charge >= 0.3 is 0 Å². The van der Waals surface area contributed by atoms with Crippen molar-refractivity contribution in [1.29, 1.82) is 0 Å². The quantitative estimate of drug-likeness (QED) is 0.159. The van der Waals surface area contributed by atoms with Crippen molar-refractivity contribution < 1.29 is 8.83 Å². The minimum Gasteiger partial charge on any atom is -0.454 e. The van der Waals surface area contributed by atoms with Gasteiger partial charge in [-0.15, -0.1) is 0 Å². The summed E-state index contributed by atoms with van der Waals surface area (Å²) in [7, 11) is 0. The first-order valence-electron chi connectivity index (χ1n) is 29.9. The smallest absolute Gasteiger partial charge is 0.159 e. The van der Waals surface area contributed by atoms with Crippen LogP contribution in [0.25, 0.3) is 115 Å². The Morgan fingerprint density at radius 2 is 0.718 bits per heavy atom. The Kier molecular flexibility index (Phi) is 11.0. The Morgan fingerprint density at radius 3 is 1.14 bits per heavy atom. The molecule has 0 radical (unpaired) electrons. The minimum atomic E-state index is -0.0931. The molecule has 0 spiro atoms. The summed E-state index contributed by atoms with van der Waals surface area (Å²) in [4.78, 5) is 4.73. The van der Waals surface area contributed by atoms with E-state index in [-0.39, 0.29) is 16.2 Å². The highest BCUT2D eigenvalue weighted by Crippen LogP contribution is 2.49. The van der Waals surface area contributed by atoms with E-state index in [4.69, 9.17) is 8.83 Å². The molecule has 85 heavy (non-hydrogen) atoms. The fourth-order valence-electron chi connectivity index (χ4n) is 13.8. The van der Waals surface area contributed by atoms with Crippen LogP contribution in [0.4, 0.5) is 34.1 Å². The summed E-state index contributed by atoms with van der Waals surface area (Å²) < 4.78 is 16.7. The second-order valence-corrected chi connectivity index (χ2v) is 26.6. The topological polar surface area (TPSA) is 37.2 Å². The summed E-state index contributed by atoms with van der Waals surface area (Å²) in [6.45, 7) is 20.4. The molecule has 12 aromatic carbocycles. The zero-order chi connectivity index (χ0) is 57.8. The van der Waals surface area contributed by atoms with Crippen LogP contribution < -0.4 is 9.80 Å². The van der Waals surface area contributed by atoms with Crippen molar-refractivity contribution in [2.24, 2.45) is 0 Å². The monoisotopic (exact) mass is 1100 g/mol. The van der Waals surface area contributed by atoms with E-state index in [9.17, 15) is 0 Å². The third-order valence-electron chi connectivity index (χ3n) is 18.0. The highest BCUT2D eigenvalue weighted by molar-refractivity contribution is 6.27. The first-order valence-corrected chi connectivity index (χ1v) is 29.9. The van der Waals surface area contributed by atoms with Crippen molar-refractivity contribution in [2.45, 2.75) is 78.6 Å². The molecule has 0 saturated carbocycles. The number of hydrogen-bond acceptors (Lipinski definition) is 4. The van der Waals surface area contributed by atoms with Crippen molar-refractivity contribution in [2.75, 3.05) is 9.80 Å². The van der Waals surface area contributed by atoms with Gasteiger partial charge in [-0.2, -0.15) is 0 Å². The van der Waals surface area contributed by atoms with Crippen LogP contribution in [0, 0.1) is 0 Å². The molecule has 5 nitrogen and oxygen atoms in total. The molecule has 0 aliphatic carbocycles. The number of rotatable bonds is 7. The number of hydrogen-bond donors (Lipinski definition) is 0. The van der Waals surface area contributed by atoms with Gasteiger partial charge in [0.05, 0.1) is 27.9 Å². The molecule has 0 aliphatic rings. The molecule has 4 aromatic heterocycles. The van der Waals surface area contributed by atoms with Crippen molar-refractivity contribution in [1.82, 2.24) is 4.40 Å². The van der Waals surface area contributed by atoms with Crippen LogP contribution in [-0.2, 0) is 16.2 Å². The average Bonchev–Trinajstić information content (AvgIpc) is 1.79. The third-order valence-corrected chi connectivity index (χ3v) is 18.0. The molecule has 0 fully saturated rings. The lowest BCUT2D eigenvalue weighted by Crippen LogP contribution is -2.11. The van der Waals surface area contributed by atoms with Gasteiger partial charge in [0, 0.05) is 77.0 Å². The zero-order valence-corrected chi connectivity index (χ0v) is 49.6. The number of anilines is 6. The van der Waals surface area contributed by atoms with Crippen LogP contribution in [0.2, 0.25) is 0 Å². The Morgan fingerprint density at radius 1 is 0.294 bits per heavy atom. The van der Waals surface area contributed by atoms with E-state index in [2.05, 4.69) is 307 Å². The van der Waals surface area contributed by atoms with Gasteiger partial charge in [0.25, 0.3) is 0 Å². The summed E-state index contributed by atoms with van der Waals surface area (Å²) in [6, 6.07) is 85.4. The average molecular weight is 1100 g/mol. The molecule has 0 saturated heterocycles. The Labute approximate surface area is 494 Å². The second-order valence-electron chi connectivity index (χ2n) is 26.6. The van der Waals surface area contributed by atoms with Gasteiger partial charge < -0.3 is 23.0 Å². The van der Waals surface area contributed by atoms with Crippen LogP contribution in [0.15, 0.2) is 239 Å². The fourth-order valence-corrected chi connectivity index (χ4v) is 13.8. The molecule has 0 aliphatic heterocycles. The lowest BCUT2D eigenvalue weighted by Gasteiger charge is -2.26. The molecule has 0 amide bonds. The molecular weight excluding hydrogens is 1030 g/mol. The van der Waals surface area contributed by atoms with Gasteiger partial charge in [-0.05, 0) is 152 Å². The lowest BCUT2D eigenvalue weighted by atomic mass is 9.86. The summed E-state index contributed by atoms with van der Waals surface area (Å²) >= 11 is 0. The van der Waals surface area contributed by atoms with Crippen LogP contribution in [0.3, 0.4) is 0 Å². The standard InChI is InChI=1S/C80H65N3O2/c1-78(2,3)54-36-32-48(33-37-54)53-44-65-63-42-49-34-38-57(81(55-20-12-10-13-21-55)69-30-18-26-61-59-24-16-28-67(79(4,5)6)74(59)84-76(61)69)40-51(49)46-71(63)83-72-47-52-41-58(39-35-50(52)43-64(72)66(45-53)73(65)83)82(56-22-14-11-15-23-56)70-31-19-27-62-60-25-17-29-68(80(7,8)9)75(60)85-77(62)70/h10-47H,1-9H3. The zero-order valence-electron chi connectivity index (χ0n) is 49.6. The third kappa shape index (κ3) is 7.97. The summed E-state index contributed by atoms with van der Waals surface area (Å²) in [5.74, 6) is 0. The largest absolute Gasteiger partial charge is 0.454 e. The molecule has 16 aromatic rings. The van der Waals surface area contributed by atoms with Crippen molar-refractivity contribution in [3.8, 4) is 11.1 Å². The highest BCUT2D eigenvalue weighted by Gasteiger charge is 2.28. The first-order chi connectivity index (χ1) is 41.0. The maximum Gasteiger partial charge on any atom is 0.159 e. The van der Waals surface area contributed by atoms with E-state index in [1.807, 2.05) is 0 Å². The van der Waals surface area contributed by atoms with Crippen molar-refractivity contribution >= 4 is 138 Å². The van der Waals surface area contributed by atoms with E-state index >= 15 is 0 Å². The van der Waals surface area contributed by atoms with Crippen LogP contribution in [0.1, 0.15) is 79.0 Å². The van der Waals surface area contributed by atoms with E-state index in [0.29, 0.717) is 0 Å². The number of furan rings is 2. The second kappa shape index (κ2) is 18.3. The number of para-hydroxylation sites is 6. The molecule has 4 heterocycles. The van der Waals surface area contributed by atoms with Gasteiger partial charge in [0.1, 0.15) is 11.2 Å². The summed E-state index contributed by atoms with van der Waals surface area (Å²) in [5.41, 5.74) is 19.4. The molecular formula is C80H65N3O2. The number of aromatic nitrogens is 1. The minimum absolute atomic E-state index is 0.0504. The van der Waals surface area contributed by atoms with E-state index < -0.39 is 0 Å². The van der Waals surface area contributed by atoms with Crippen molar-refractivity contribution in [3.63, 3.8) is 0 Å². The molecule has 0 atom stereocenters. The first kappa shape index (κ1) is 50.9. The highest BCUT2D eigenvalue weighted by atomic mass is 16.3. The molecule has 0 N–H and O–H groups in total. The summed E-state index contributed by atoms with van der Waals surface area (Å²) in [5, 5.41) is 14.1. The fraction of sp³-hybridized carbons (Fsp3) is 0.150. The predicted molar refractivity (Wildman–Crippen MR) is 362 cm³/mol. The Balaban J connectivity index is 0.921. The SMILES string of the molecule is CC(C)(C)c1ccc(-c2cc3c4cc5ccc(N(c6ccccc6)c6cccc7c6oc6c(C(C)(C)C)cccc67)cc5cc4n4c5cc6cc(N(c7ccccc7)c7cccc8c7oc7c(C(C)(C)C)cccc78)ccc6cc5c(c2)c34)cc1. The van der Waals surface area contributed by atoms with Gasteiger partial charge in [-0.3, -0.25) is 0 Å². The van der Waals surface area contributed by atoms with E-state index in [1.54, 1.807) is 0 Å². The van der Waals surface area contributed by atoms with Gasteiger partial charge in [0.2, 0.25) is 0 Å². The van der Waals surface area contributed by atoms with E-state index in [0.717, 1.165) is 88.8 Å². The Bertz CT molecular complexity index is 5050. The number of benzene rings is 12. The van der Waals surface area contributed by atoms with Gasteiger partial charge in [0.15, 0.2) is 11.2 Å². The maximum atomic E-state index is 7.06. The van der Waals surface area contributed by atoms with E-state index in [1.165, 1.54) is 76.7 Å². The lowest BCUT2D eigenvalue weighted by molar-refractivity contribution is 0.572. The van der Waals surface area contributed by atoms with Crippen LogP contribution >= 0.6 is 0 Å². The maximum absolute atomic E-state index is 7.06. The van der Waals surface area contributed by atoms with Crippen molar-refractivity contribution in [3.05, 3.63) is 247 Å². The number of nitrogens with zero attached hydrogens (tertiary/aromatic N) is 3. The molecule has 0 bridgehead atoms. The number of fused-ring (bicyclic) bond motifs is 14. The van der Waals surface area contributed by atoms with Gasteiger partial charge in [-0.25, -0.2) is 0 Å². The normalized spacial score (nSPS) is 12.8. The molecule has 16 rings (SSSR count). The molecule has 412 valence electrons. The van der Waals surface area contributed by atoms with Crippen LogP contribution in [0.5, 0.6) is 0 Å².